The van der Waals surface area contributed by atoms with Crippen LogP contribution in [0.25, 0.3) is 5.57 Å². The van der Waals surface area contributed by atoms with Crippen molar-refractivity contribution in [3.63, 3.8) is 0 Å². The van der Waals surface area contributed by atoms with Crippen LogP contribution in [0.15, 0.2) is 64.9 Å². The molecule has 0 aliphatic heterocycles. The Kier molecular flexibility index (Phi) is 5.94. The third kappa shape index (κ3) is 4.68. The average Bonchev–Trinajstić information content (AvgIpc) is 2.52. The van der Waals surface area contributed by atoms with Crippen LogP contribution in [0, 0.1) is 6.92 Å². The van der Waals surface area contributed by atoms with Crippen molar-refractivity contribution in [3.05, 3.63) is 71.1 Å². The van der Waals surface area contributed by atoms with Crippen molar-refractivity contribution >= 4 is 16.4 Å². The molecule has 1 nitrogen and oxygen atoms in total. The number of rotatable bonds is 6. The molecule has 0 aliphatic carbocycles. The first-order chi connectivity index (χ1) is 10.2. The molecule has 2 heteroatoms. The van der Waals surface area contributed by atoms with E-state index in [1.54, 1.807) is 0 Å². The summed E-state index contributed by atoms with van der Waals surface area (Å²) in [6.45, 7) is 4.22. The van der Waals surface area contributed by atoms with E-state index in [9.17, 15) is 4.21 Å². The molecule has 0 saturated heterocycles. The van der Waals surface area contributed by atoms with Gasteiger partial charge >= 0.3 is 0 Å². The van der Waals surface area contributed by atoms with E-state index in [1.807, 2.05) is 54.8 Å². The Hall–Kier alpha value is -1.67. The predicted octanol–water partition coefficient (Wildman–Crippen LogP) is 5.33. The Morgan fingerprint density at radius 2 is 1.71 bits per heavy atom. The maximum Gasteiger partial charge on any atom is 0.0778 e. The third-order valence-corrected chi connectivity index (χ3v) is 4.68. The van der Waals surface area contributed by atoms with Crippen LogP contribution in [-0.2, 0) is 10.8 Å². The Morgan fingerprint density at radius 1 is 1.05 bits per heavy atom. The molecule has 2 aromatic carbocycles. The topological polar surface area (TPSA) is 17.1 Å². The van der Waals surface area contributed by atoms with Crippen LogP contribution < -0.4 is 0 Å². The summed E-state index contributed by atoms with van der Waals surface area (Å²) >= 11 is 0. The highest BCUT2D eigenvalue weighted by atomic mass is 32.2. The number of allylic oxidation sites excluding steroid dienone is 1. The lowest BCUT2D eigenvalue weighted by Crippen LogP contribution is -1.91. The van der Waals surface area contributed by atoms with Crippen LogP contribution in [0.5, 0.6) is 0 Å². The molecule has 0 radical (unpaired) electrons. The maximum absolute atomic E-state index is 12.5. The normalized spacial score (nSPS) is 13.1. The molecule has 1 unspecified atom stereocenters. The fraction of sp³-hybridized carbons (Fsp3) is 0.263. The summed E-state index contributed by atoms with van der Waals surface area (Å²) in [6, 6.07) is 18.2. The van der Waals surface area contributed by atoms with E-state index in [-0.39, 0.29) is 0 Å². The third-order valence-electron chi connectivity index (χ3n) is 3.45. The molecular formula is C19H22OS. The highest BCUT2D eigenvalue weighted by Gasteiger charge is 2.06. The summed E-state index contributed by atoms with van der Waals surface area (Å²) < 4.78 is 12.5. The predicted molar refractivity (Wildman–Crippen MR) is 91.5 cm³/mol. The number of benzene rings is 2. The van der Waals surface area contributed by atoms with E-state index in [1.165, 1.54) is 16.7 Å². The first kappa shape index (κ1) is 15.7. The summed E-state index contributed by atoms with van der Waals surface area (Å²) in [7, 11) is -1.09. The standard InChI is InChI=1S/C19H22OS/c1-3-4-8-18(17-9-6-5-7-10-17)15-21(20)19-13-11-16(2)12-14-19/h5-7,9-15H,3-4,8H2,1-2H3/b18-15-. The van der Waals surface area contributed by atoms with Crippen molar-refractivity contribution in [1.82, 2.24) is 0 Å². The Labute approximate surface area is 130 Å². The molecule has 0 N–H and O–H groups in total. The lowest BCUT2D eigenvalue weighted by atomic mass is 10.0. The second-order valence-corrected chi connectivity index (χ2v) is 6.53. The molecule has 0 heterocycles. The van der Waals surface area contributed by atoms with Crippen molar-refractivity contribution in [2.24, 2.45) is 0 Å². The minimum Gasteiger partial charge on any atom is -0.250 e. The van der Waals surface area contributed by atoms with Crippen molar-refractivity contribution < 1.29 is 4.21 Å². The van der Waals surface area contributed by atoms with Gasteiger partial charge in [0.15, 0.2) is 0 Å². The van der Waals surface area contributed by atoms with Gasteiger partial charge in [0.2, 0.25) is 0 Å². The first-order valence-electron chi connectivity index (χ1n) is 7.44. The van der Waals surface area contributed by atoms with Gasteiger partial charge in [-0.25, -0.2) is 4.21 Å². The Balaban J connectivity index is 2.27. The van der Waals surface area contributed by atoms with E-state index in [0.29, 0.717) is 0 Å². The lowest BCUT2D eigenvalue weighted by Gasteiger charge is -2.08. The van der Waals surface area contributed by atoms with Gasteiger partial charge < -0.3 is 0 Å². The number of unbranched alkanes of at least 4 members (excludes halogenated alkanes) is 1. The van der Waals surface area contributed by atoms with E-state index in [0.717, 1.165) is 24.2 Å². The van der Waals surface area contributed by atoms with Gasteiger partial charge in [0.05, 0.1) is 10.8 Å². The molecule has 0 fully saturated rings. The molecular weight excluding hydrogens is 276 g/mol. The molecule has 0 saturated carbocycles. The van der Waals surface area contributed by atoms with Crippen LogP contribution in [0.3, 0.4) is 0 Å². The van der Waals surface area contributed by atoms with E-state index in [4.69, 9.17) is 0 Å². The summed E-state index contributed by atoms with van der Waals surface area (Å²) in [5.74, 6) is 0. The van der Waals surface area contributed by atoms with Crippen molar-refractivity contribution in [1.29, 1.82) is 0 Å². The van der Waals surface area contributed by atoms with Crippen molar-refractivity contribution in [3.8, 4) is 0 Å². The number of hydrogen-bond donors (Lipinski definition) is 0. The van der Waals surface area contributed by atoms with Crippen molar-refractivity contribution in [2.45, 2.75) is 38.0 Å². The Morgan fingerprint density at radius 3 is 2.33 bits per heavy atom. The summed E-state index contributed by atoms with van der Waals surface area (Å²) in [6.07, 6.45) is 3.23. The minimum absolute atomic E-state index is 0.866. The maximum atomic E-state index is 12.5. The van der Waals surface area contributed by atoms with Gasteiger partial charge in [0, 0.05) is 10.3 Å². The molecule has 21 heavy (non-hydrogen) atoms. The summed E-state index contributed by atoms with van der Waals surface area (Å²) in [5.41, 5.74) is 3.54. The Bertz CT molecular complexity index is 612. The van der Waals surface area contributed by atoms with Crippen LogP contribution in [0.1, 0.15) is 37.3 Å². The highest BCUT2D eigenvalue weighted by Crippen LogP contribution is 2.23. The van der Waals surface area contributed by atoms with Gasteiger partial charge in [0.1, 0.15) is 0 Å². The average molecular weight is 298 g/mol. The van der Waals surface area contributed by atoms with E-state index in [2.05, 4.69) is 19.1 Å². The molecule has 0 spiro atoms. The zero-order valence-electron chi connectivity index (χ0n) is 12.7. The van der Waals surface area contributed by atoms with Crippen LogP contribution in [-0.4, -0.2) is 4.21 Å². The summed E-state index contributed by atoms with van der Waals surface area (Å²) in [5, 5.41) is 1.91. The fourth-order valence-corrected chi connectivity index (χ4v) is 3.21. The monoisotopic (exact) mass is 298 g/mol. The van der Waals surface area contributed by atoms with Gasteiger partial charge in [-0.05, 0) is 43.0 Å². The van der Waals surface area contributed by atoms with Gasteiger partial charge in [-0.3, -0.25) is 0 Å². The van der Waals surface area contributed by atoms with E-state index >= 15 is 0 Å². The number of hydrogen-bond acceptors (Lipinski definition) is 1. The molecule has 2 aromatic rings. The number of aryl methyl sites for hydroxylation is 1. The molecule has 0 bridgehead atoms. The van der Waals surface area contributed by atoms with Gasteiger partial charge in [-0.1, -0.05) is 61.4 Å². The first-order valence-corrected chi connectivity index (χ1v) is 8.65. The lowest BCUT2D eigenvalue weighted by molar-refractivity contribution is 0.688. The molecule has 2 rings (SSSR count). The quantitative estimate of drug-likeness (QED) is 0.704. The fourth-order valence-electron chi connectivity index (χ4n) is 2.16. The van der Waals surface area contributed by atoms with Crippen LogP contribution in [0.2, 0.25) is 0 Å². The second kappa shape index (κ2) is 7.94. The molecule has 0 aliphatic rings. The smallest absolute Gasteiger partial charge is 0.0778 e. The van der Waals surface area contributed by atoms with E-state index < -0.39 is 10.8 Å². The van der Waals surface area contributed by atoms with Crippen LogP contribution in [0.4, 0.5) is 0 Å². The molecule has 0 aromatic heterocycles. The van der Waals surface area contributed by atoms with Gasteiger partial charge in [0.25, 0.3) is 0 Å². The zero-order valence-corrected chi connectivity index (χ0v) is 13.5. The molecule has 1 atom stereocenters. The highest BCUT2D eigenvalue weighted by molar-refractivity contribution is 7.88. The largest absolute Gasteiger partial charge is 0.250 e. The van der Waals surface area contributed by atoms with Crippen LogP contribution >= 0.6 is 0 Å². The zero-order chi connectivity index (χ0) is 15.1. The second-order valence-electron chi connectivity index (χ2n) is 5.22. The molecule has 110 valence electrons. The summed E-state index contributed by atoms with van der Waals surface area (Å²) in [4.78, 5) is 0.866. The minimum atomic E-state index is -1.09. The molecule has 0 amide bonds. The SMILES string of the molecule is CCCC/C(=C/S(=O)c1ccc(C)cc1)c1ccccc1. The van der Waals surface area contributed by atoms with Gasteiger partial charge in [-0.2, -0.15) is 0 Å². The van der Waals surface area contributed by atoms with Gasteiger partial charge in [-0.15, -0.1) is 0 Å². The van der Waals surface area contributed by atoms with Crippen molar-refractivity contribution in [2.75, 3.05) is 0 Å².